The summed E-state index contributed by atoms with van der Waals surface area (Å²) in [6, 6.07) is 8.25. The van der Waals surface area contributed by atoms with Crippen molar-refractivity contribution in [1.82, 2.24) is 0 Å². The Morgan fingerprint density at radius 3 is 2.57 bits per heavy atom. The summed E-state index contributed by atoms with van der Waals surface area (Å²) in [4.78, 5) is 10.4. The van der Waals surface area contributed by atoms with Crippen molar-refractivity contribution in [2.24, 2.45) is 0 Å². The van der Waals surface area contributed by atoms with Gasteiger partial charge in [-0.15, -0.1) is 0 Å². The highest BCUT2D eigenvalue weighted by Gasteiger charge is 1.89. The number of carbonyl (C=O) groups is 1. The molecule has 0 atom stereocenters. The number of aryl methyl sites for hydroxylation is 1. The molecule has 14 heavy (non-hydrogen) atoms. The standard InChI is InChI=1S/C12H14O2/c1-10-5-7-12(8-6-10)4-3-9-14-11(2)13/h3,5-9H,4H2,1-2H3/b9-3+. The summed E-state index contributed by atoms with van der Waals surface area (Å²) in [6.07, 6.45) is 4.04. The van der Waals surface area contributed by atoms with Gasteiger partial charge < -0.3 is 4.74 Å². The van der Waals surface area contributed by atoms with E-state index in [1.165, 1.54) is 24.3 Å². The summed E-state index contributed by atoms with van der Waals surface area (Å²) in [5.74, 6) is -0.287. The summed E-state index contributed by atoms with van der Waals surface area (Å²) >= 11 is 0. The van der Waals surface area contributed by atoms with Gasteiger partial charge in [-0.3, -0.25) is 4.79 Å². The highest BCUT2D eigenvalue weighted by molar-refractivity contribution is 5.66. The van der Waals surface area contributed by atoms with Crippen molar-refractivity contribution in [2.45, 2.75) is 20.3 Å². The lowest BCUT2D eigenvalue weighted by atomic mass is 10.1. The molecule has 0 amide bonds. The molecule has 0 spiro atoms. The molecule has 1 aromatic rings. The normalized spacial score (nSPS) is 10.4. The summed E-state index contributed by atoms with van der Waals surface area (Å²) in [6.45, 7) is 3.44. The summed E-state index contributed by atoms with van der Waals surface area (Å²) < 4.78 is 4.67. The zero-order chi connectivity index (χ0) is 10.4. The van der Waals surface area contributed by atoms with Gasteiger partial charge in [-0.25, -0.2) is 0 Å². The quantitative estimate of drug-likeness (QED) is 0.541. The van der Waals surface area contributed by atoms with Crippen molar-refractivity contribution in [2.75, 3.05) is 0 Å². The van der Waals surface area contributed by atoms with Crippen molar-refractivity contribution in [3.63, 3.8) is 0 Å². The number of carbonyl (C=O) groups excluding carboxylic acids is 1. The van der Waals surface area contributed by atoms with Crippen LogP contribution in [-0.2, 0) is 16.0 Å². The van der Waals surface area contributed by atoms with Crippen LogP contribution in [0.5, 0.6) is 0 Å². The molecule has 2 heteroatoms. The monoisotopic (exact) mass is 190 g/mol. The van der Waals surface area contributed by atoms with E-state index >= 15 is 0 Å². The third kappa shape index (κ3) is 3.90. The third-order valence-electron chi connectivity index (χ3n) is 1.80. The van der Waals surface area contributed by atoms with Gasteiger partial charge in [0.05, 0.1) is 6.26 Å². The molecule has 0 bridgehead atoms. The average Bonchev–Trinajstić information content (AvgIpc) is 2.15. The number of esters is 1. The SMILES string of the molecule is CC(=O)O/C=C/Cc1ccc(C)cc1. The Bertz CT molecular complexity index is 323. The van der Waals surface area contributed by atoms with Gasteiger partial charge in [0.2, 0.25) is 0 Å². The van der Waals surface area contributed by atoms with Gasteiger partial charge in [-0.1, -0.05) is 29.8 Å². The maximum absolute atomic E-state index is 10.4. The van der Waals surface area contributed by atoms with Crippen molar-refractivity contribution in [3.05, 3.63) is 47.7 Å². The molecule has 0 unspecified atom stereocenters. The minimum Gasteiger partial charge on any atom is -0.435 e. The molecule has 0 radical (unpaired) electrons. The van der Waals surface area contributed by atoms with Crippen LogP contribution in [0.1, 0.15) is 18.1 Å². The van der Waals surface area contributed by atoms with Crippen LogP contribution in [0.4, 0.5) is 0 Å². The first-order valence-electron chi connectivity index (χ1n) is 4.56. The van der Waals surface area contributed by atoms with Crippen molar-refractivity contribution in [3.8, 4) is 0 Å². The van der Waals surface area contributed by atoms with E-state index in [1.54, 1.807) is 0 Å². The molecule has 0 aromatic heterocycles. The number of hydrogen-bond acceptors (Lipinski definition) is 2. The van der Waals surface area contributed by atoms with Gasteiger partial charge in [0, 0.05) is 6.92 Å². The maximum atomic E-state index is 10.4. The van der Waals surface area contributed by atoms with Gasteiger partial charge >= 0.3 is 5.97 Å². The second-order valence-corrected chi connectivity index (χ2v) is 3.17. The minimum atomic E-state index is -0.287. The molecule has 0 aliphatic heterocycles. The van der Waals surface area contributed by atoms with E-state index in [-0.39, 0.29) is 5.97 Å². The first kappa shape index (κ1) is 10.5. The van der Waals surface area contributed by atoms with E-state index in [2.05, 4.69) is 35.9 Å². The van der Waals surface area contributed by atoms with Crippen LogP contribution < -0.4 is 0 Å². The van der Waals surface area contributed by atoms with E-state index in [0.717, 1.165) is 6.42 Å². The van der Waals surface area contributed by atoms with Crippen molar-refractivity contribution < 1.29 is 9.53 Å². The second-order valence-electron chi connectivity index (χ2n) is 3.17. The second kappa shape index (κ2) is 5.22. The lowest BCUT2D eigenvalue weighted by Crippen LogP contribution is -1.90. The lowest BCUT2D eigenvalue weighted by Gasteiger charge is -1.96. The first-order valence-corrected chi connectivity index (χ1v) is 4.56. The molecule has 0 aliphatic carbocycles. The Kier molecular flexibility index (Phi) is 3.92. The summed E-state index contributed by atoms with van der Waals surface area (Å²) in [5.41, 5.74) is 2.46. The summed E-state index contributed by atoms with van der Waals surface area (Å²) in [7, 11) is 0. The van der Waals surface area contributed by atoms with E-state index in [1.807, 2.05) is 6.08 Å². The Labute approximate surface area is 84.2 Å². The van der Waals surface area contributed by atoms with Gasteiger partial charge in [0.15, 0.2) is 0 Å². The number of allylic oxidation sites excluding steroid dienone is 1. The Hall–Kier alpha value is -1.57. The Balaban J connectivity index is 2.42. The number of benzene rings is 1. The Morgan fingerprint density at radius 1 is 1.36 bits per heavy atom. The van der Waals surface area contributed by atoms with Crippen LogP contribution >= 0.6 is 0 Å². The fraction of sp³-hybridized carbons (Fsp3) is 0.250. The number of hydrogen-bond donors (Lipinski definition) is 0. The number of ether oxygens (including phenoxy) is 1. The molecule has 0 fully saturated rings. The number of rotatable bonds is 3. The molecule has 74 valence electrons. The minimum absolute atomic E-state index is 0.287. The van der Waals surface area contributed by atoms with E-state index in [0.29, 0.717) is 0 Å². The van der Waals surface area contributed by atoms with Crippen LogP contribution in [0.15, 0.2) is 36.6 Å². The van der Waals surface area contributed by atoms with Crippen LogP contribution in [0.25, 0.3) is 0 Å². The zero-order valence-electron chi connectivity index (χ0n) is 8.49. The fourth-order valence-electron chi connectivity index (χ4n) is 1.05. The highest BCUT2D eigenvalue weighted by atomic mass is 16.5. The highest BCUT2D eigenvalue weighted by Crippen LogP contribution is 2.04. The topological polar surface area (TPSA) is 26.3 Å². The van der Waals surface area contributed by atoms with E-state index in [9.17, 15) is 4.79 Å². The predicted molar refractivity (Wildman–Crippen MR) is 55.8 cm³/mol. The summed E-state index contributed by atoms with van der Waals surface area (Å²) in [5, 5.41) is 0. The molecule has 1 rings (SSSR count). The molecular formula is C12H14O2. The van der Waals surface area contributed by atoms with Crippen LogP contribution in [0.2, 0.25) is 0 Å². The van der Waals surface area contributed by atoms with Crippen LogP contribution in [0.3, 0.4) is 0 Å². The largest absolute Gasteiger partial charge is 0.435 e. The van der Waals surface area contributed by atoms with E-state index < -0.39 is 0 Å². The van der Waals surface area contributed by atoms with Gasteiger partial charge in [-0.2, -0.15) is 0 Å². The molecule has 2 nitrogen and oxygen atoms in total. The van der Waals surface area contributed by atoms with Gasteiger partial charge in [-0.05, 0) is 25.0 Å². The average molecular weight is 190 g/mol. The maximum Gasteiger partial charge on any atom is 0.307 e. The molecule has 0 N–H and O–H groups in total. The van der Waals surface area contributed by atoms with Crippen molar-refractivity contribution in [1.29, 1.82) is 0 Å². The molecule has 0 saturated carbocycles. The lowest BCUT2D eigenvalue weighted by molar-refractivity contribution is -0.135. The third-order valence-corrected chi connectivity index (χ3v) is 1.80. The zero-order valence-corrected chi connectivity index (χ0v) is 8.49. The van der Waals surface area contributed by atoms with Gasteiger partial charge in [0.1, 0.15) is 0 Å². The van der Waals surface area contributed by atoms with Crippen molar-refractivity contribution >= 4 is 5.97 Å². The Morgan fingerprint density at radius 2 is 2.00 bits per heavy atom. The predicted octanol–water partition coefficient (Wildman–Crippen LogP) is 2.61. The molecule has 0 aliphatic rings. The van der Waals surface area contributed by atoms with Crippen LogP contribution in [-0.4, -0.2) is 5.97 Å². The van der Waals surface area contributed by atoms with E-state index in [4.69, 9.17) is 0 Å². The first-order chi connectivity index (χ1) is 6.68. The van der Waals surface area contributed by atoms with Gasteiger partial charge in [0.25, 0.3) is 0 Å². The fourth-order valence-corrected chi connectivity index (χ4v) is 1.05. The van der Waals surface area contributed by atoms with Crippen LogP contribution in [0, 0.1) is 6.92 Å². The molecule has 0 heterocycles. The molecular weight excluding hydrogens is 176 g/mol. The molecule has 1 aromatic carbocycles. The molecule has 0 saturated heterocycles. The smallest absolute Gasteiger partial charge is 0.307 e.